The van der Waals surface area contributed by atoms with Crippen molar-refractivity contribution < 1.29 is 14.3 Å². The first-order chi connectivity index (χ1) is 13.5. The molecular weight excluding hydrogens is 356 g/mol. The summed E-state index contributed by atoms with van der Waals surface area (Å²) in [5, 5.41) is 5.91. The van der Waals surface area contributed by atoms with Crippen LogP contribution in [-0.4, -0.2) is 29.1 Å². The Labute approximate surface area is 163 Å². The van der Waals surface area contributed by atoms with Crippen molar-refractivity contribution in [2.24, 2.45) is 0 Å². The van der Waals surface area contributed by atoms with Gasteiger partial charge in [0.2, 0.25) is 5.95 Å². The van der Waals surface area contributed by atoms with E-state index in [4.69, 9.17) is 9.47 Å². The normalized spacial score (nSPS) is 10.4. The van der Waals surface area contributed by atoms with Crippen LogP contribution < -0.4 is 20.1 Å². The molecule has 1 heterocycles. The minimum absolute atomic E-state index is 0.0313. The van der Waals surface area contributed by atoms with Gasteiger partial charge in [-0.3, -0.25) is 4.79 Å². The number of amides is 1. The van der Waals surface area contributed by atoms with Gasteiger partial charge in [-0.15, -0.1) is 0 Å². The number of aromatic nitrogens is 2. The Morgan fingerprint density at radius 3 is 2.68 bits per heavy atom. The predicted octanol–water partition coefficient (Wildman–Crippen LogP) is 4.27. The van der Waals surface area contributed by atoms with Crippen molar-refractivity contribution >= 4 is 23.2 Å². The quantitative estimate of drug-likeness (QED) is 0.639. The van der Waals surface area contributed by atoms with Crippen molar-refractivity contribution in [3.8, 4) is 11.5 Å². The van der Waals surface area contributed by atoms with Gasteiger partial charge in [0, 0.05) is 18.0 Å². The summed E-state index contributed by atoms with van der Waals surface area (Å²) in [7, 11) is 1.57. The van der Waals surface area contributed by atoms with Gasteiger partial charge in [-0.25, -0.2) is 9.97 Å². The molecule has 7 heteroatoms. The van der Waals surface area contributed by atoms with Crippen LogP contribution in [0.15, 0.2) is 60.8 Å². The van der Waals surface area contributed by atoms with Gasteiger partial charge in [0.05, 0.1) is 18.9 Å². The van der Waals surface area contributed by atoms with Gasteiger partial charge in [0.15, 0.2) is 0 Å². The van der Waals surface area contributed by atoms with Gasteiger partial charge in [-0.05, 0) is 44.2 Å². The predicted molar refractivity (Wildman–Crippen MR) is 108 cm³/mol. The van der Waals surface area contributed by atoms with Crippen LogP contribution in [0.1, 0.15) is 24.3 Å². The van der Waals surface area contributed by atoms with Crippen LogP contribution in [0.25, 0.3) is 0 Å². The van der Waals surface area contributed by atoms with Crippen LogP contribution in [0, 0.1) is 0 Å². The van der Waals surface area contributed by atoms with Crippen LogP contribution in [0.2, 0.25) is 0 Å². The molecule has 0 fully saturated rings. The number of ether oxygens (including phenoxy) is 2. The molecule has 144 valence electrons. The Bertz CT molecular complexity index is 960. The summed E-state index contributed by atoms with van der Waals surface area (Å²) in [4.78, 5) is 21.0. The topological polar surface area (TPSA) is 85.4 Å². The van der Waals surface area contributed by atoms with E-state index in [9.17, 15) is 4.79 Å². The van der Waals surface area contributed by atoms with Crippen molar-refractivity contribution in [2.75, 3.05) is 17.7 Å². The highest BCUT2D eigenvalue weighted by molar-refractivity contribution is 6.03. The van der Waals surface area contributed by atoms with E-state index in [-0.39, 0.29) is 17.7 Å². The maximum atomic E-state index is 12.5. The summed E-state index contributed by atoms with van der Waals surface area (Å²) in [5.41, 5.74) is 1.58. The molecule has 1 amide bonds. The number of benzene rings is 2. The third-order valence-corrected chi connectivity index (χ3v) is 3.71. The SMILES string of the molecule is COc1cccc(NC(=O)c2ccnc(Nc3ccccc3OC(C)C)n2)c1. The molecule has 0 aliphatic heterocycles. The largest absolute Gasteiger partial charge is 0.497 e. The Hall–Kier alpha value is -3.61. The first-order valence-corrected chi connectivity index (χ1v) is 8.86. The van der Waals surface area contributed by atoms with Crippen molar-refractivity contribution in [3.05, 3.63) is 66.5 Å². The molecule has 0 bridgehead atoms. The fourth-order valence-corrected chi connectivity index (χ4v) is 2.49. The lowest BCUT2D eigenvalue weighted by Crippen LogP contribution is -2.15. The Kier molecular flexibility index (Phi) is 6.06. The third-order valence-electron chi connectivity index (χ3n) is 3.71. The van der Waals surface area contributed by atoms with Crippen LogP contribution >= 0.6 is 0 Å². The summed E-state index contributed by atoms with van der Waals surface area (Å²) in [5.74, 6) is 1.31. The van der Waals surface area contributed by atoms with E-state index in [1.807, 2.05) is 38.1 Å². The number of anilines is 3. The molecule has 1 aromatic heterocycles. The Morgan fingerprint density at radius 2 is 1.89 bits per heavy atom. The fourth-order valence-electron chi connectivity index (χ4n) is 2.49. The zero-order chi connectivity index (χ0) is 19.9. The van der Waals surface area contributed by atoms with Crippen LogP contribution in [0.5, 0.6) is 11.5 Å². The van der Waals surface area contributed by atoms with Crippen LogP contribution in [0.4, 0.5) is 17.3 Å². The van der Waals surface area contributed by atoms with Gasteiger partial charge >= 0.3 is 0 Å². The Balaban J connectivity index is 1.76. The smallest absolute Gasteiger partial charge is 0.274 e. The molecule has 0 saturated carbocycles. The minimum Gasteiger partial charge on any atom is -0.497 e. The summed E-state index contributed by atoms with van der Waals surface area (Å²) < 4.78 is 11.0. The maximum absolute atomic E-state index is 12.5. The number of nitrogens with one attached hydrogen (secondary N) is 2. The molecule has 0 saturated heterocycles. The molecule has 0 atom stereocenters. The summed E-state index contributed by atoms with van der Waals surface area (Å²) >= 11 is 0. The van der Waals surface area contributed by atoms with Crippen LogP contribution in [-0.2, 0) is 0 Å². The highest BCUT2D eigenvalue weighted by atomic mass is 16.5. The molecule has 7 nitrogen and oxygen atoms in total. The molecule has 0 aliphatic rings. The fraction of sp³-hybridized carbons (Fsp3) is 0.190. The third kappa shape index (κ3) is 4.97. The minimum atomic E-state index is -0.342. The van der Waals surface area contributed by atoms with E-state index < -0.39 is 0 Å². The maximum Gasteiger partial charge on any atom is 0.274 e. The number of carbonyl (C=O) groups excluding carboxylic acids is 1. The van der Waals surface area contributed by atoms with Gasteiger partial charge in [-0.1, -0.05) is 18.2 Å². The second kappa shape index (κ2) is 8.85. The standard InChI is InChI=1S/C21H22N4O3/c1-14(2)28-19-10-5-4-9-17(19)24-21-22-12-11-18(25-21)20(26)23-15-7-6-8-16(13-15)27-3/h4-14H,1-3H3,(H,23,26)(H,22,24,25). The molecule has 3 aromatic rings. The summed E-state index contributed by atoms with van der Waals surface area (Å²) in [6.07, 6.45) is 1.56. The van der Waals surface area contributed by atoms with E-state index in [1.54, 1.807) is 37.4 Å². The van der Waals surface area contributed by atoms with Crippen molar-refractivity contribution in [1.29, 1.82) is 0 Å². The van der Waals surface area contributed by atoms with E-state index in [1.165, 1.54) is 6.20 Å². The number of methoxy groups -OCH3 is 1. The first-order valence-electron chi connectivity index (χ1n) is 8.86. The van der Waals surface area contributed by atoms with E-state index in [0.717, 1.165) is 5.69 Å². The average Bonchev–Trinajstić information content (AvgIpc) is 2.69. The summed E-state index contributed by atoms with van der Waals surface area (Å²) in [6, 6.07) is 16.2. The number of carbonyl (C=O) groups is 1. The number of para-hydroxylation sites is 2. The molecule has 0 radical (unpaired) electrons. The first kappa shape index (κ1) is 19.2. The molecule has 2 aromatic carbocycles. The number of rotatable bonds is 7. The van der Waals surface area contributed by atoms with Gasteiger partial charge < -0.3 is 20.1 Å². The van der Waals surface area contributed by atoms with E-state index in [2.05, 4.69) is 20.6 Å². The molecule has 0 unspecified atom stereocenters. The molecule has 3 rings (SSSR count). The highest BCUT2D eigenvalue weighted by Gasteiger charge is 2.11. The molecular formula is C21H22N4O3. The summed E-state index contributed by atoms with van der Waals surface area (Å²) in [6.45, 7) is 3.91. The van der Waals surface area contributed by atoms with Crippen LogP contribution in [0.3, 0.4) is 0 Å². The molecule has 28 heavy (non-hydrogen) atoms. The lowest BCUT2D eigenvalue weighted by atomic mass is 10.3. The van der Waals surface area contributed by atoms with E-state index in [0.29, 0.717) is 23.1 Å². The monoisotopic (exact) mass is 378 g/mol. The zero-order valence-corrected chi connectivity index (χ0v) is 16.0. The Morgan fingerprint density at radius 1 is 1.07 bits per heavy atom. The second-order valence-electron chi connectivity index (χ2n) is 6.24. The van der Waals surface area contributed by atoms with Gasteiger partial charge in [-0.2, -0.15) is 0 Å². The molecule has 0 aliphatic carbocycles. The van der Waals surface area contributed by atoms with Gasteiger partial charge in [0.1, 0.15) is 17.2 Å². The molecule has 0 spiro atoms. The zero-order valence-electron chi connectivity index (χ0n) is 16.0. The lowest BCUT2D eigenvalue weighted by molar-refractivity contribution is 0.102. The molecule has 2 N–H and O–H groups in total. The lowest BCUT2D eigenvalue weighted by Gasteiger charge is -2.14. The van der Waals surface area contributed by atoms with E-state index >= 15 is 0 Å². The van der Waals surface area contributed by atoms with Crippen molar-refractivity contribution in [3.63, 3.8) is 0 Å². The van der Waals surface area contributed by atoms with Gasteiger partial charge in [0.25, 0.3) is 5.91 Å². The van der Waals surface area contributed by atoms with Crippen molar-refractivity contribution in [1.82, 2.24) is 9.97 Å². The number of hydrogen-bond donors (Lipinski definition) is 2. The number of hydrogen-bond acceptors (Lipinski definition) is 6. The number of nitrogens with zero attached hydrogens (tertiary/aromatic N) is 2. The highest BCUT2D eigenvalue weighted by Crippen LogP contribution is 2.27. The average molecular weight is 378 g/mol. The second-order valence-corrected chi connectivity index (χ2v) is 6.24. The van der Waals surface area contributed by atoms with Crippen molar-refractivity contribution in [2.45, 2.75) is 20.0 Å².